The molecule has 2 aromatic heterocycles. The van der Waals surface area contributed by atoms with E-state index in [0.717, 1.165) is 16.7 Å². The molecule has 0 saturated heterocycles. The van der Waals surface area contributed by atoms with Gasteiger partial charge in [-0.3, -0.25) is 9.59 Å². The third kappa shape index (κ3) is 4.62. The Bertz CT molecular complexity index is 1330. The van der Waals surface area contributed by atoms with E-state index < -0.39 is 36.0 Å². The van der Waals surface area contributed by atoms with Gasteiger partial charge in [0.25, 0.3) is 0 Å². The molecule has 0 spiro atoms. The molecular formula is C24H28N2O7. The average molecular weight is 456 g/mol. The zero-order valence-electron chi connectivity index (χ0n) is 19.5. The van der Waals surface area contributed by atoms with E-state index in [4.69, 9.17) is 13.9 Å². The van der Waals surface area contributed by atoms with Crippen molar-refractivity contribution in [2.75, 3.05) is 6.54 Å². The van der Waals surface area contributed by atoms with Crippen molar-refractivity contribution in [2.45, 2.75) is 54.0 Å². The Morgan fingerprint density at radius 1 is 0.939 bits per heavy atom. The van der Waals surface area contributed by atoms with Gasteiger partial charge in [-0.05, 0) is 50.8 Å². The number of furan rings is 1. The molecular weight excluding hydrogens is 428 g/mol. The number of hydrogen-bond acceptors (Lipinski definition) is 6. The minimum atomic E-state index is -1.15. The van der Waals surface area contributed by atoms with Gasteiger partial charge < -0.3 is 24.6 Å². The smallest absolute Gasteiger partial charge is 0.340 e. The first kappa shape index (κ1) is 24.0. The fourth-order valence-corrected chi connectivity index (χ4v) is 3.84. The van der Waals surface area contributed by atoms with E-state index in [9.17, 15) is 19.2 Å². The number of aliphatic carboxylic acids is 1. The topological polar surface area (TPSA) is 139 Å². The van der Waals surface area contributed by atoms with Gasteiger partial charge in [-0.25, -0.2) is 9.59 Å². The van der Waals surface area contributed by atoms with E-state index in [-0.39, 0.29) is 17.9 Å². The molecule has 0 aliphatic heterocycles. The second kappa shape index (κ2) is 9.09. The van der Waals surface area contributed by atoms with Crippen LogP contribution in [0.3, 0.4) is 0 Å². The van der Waals surface area contributed by atoms with E-state index in [0.29, 0.717) is 27.7 Å². The van der Waals surface area contributed by atoms with E-state index in [1.165, 1.54) is 0 Å². The number of fused-ring (bicyclic) bond motifs is 2. The number of carbonyl (C=O) groups excluding carboxylic acids is 2. The summed E-state index contributed by atoms with van der Waals surface area (Å²) in [6.45, 7) is 10.3. The summed E-state index contributed by atoms with van der Waals surface area (Å²) in [4.78, 5) is 48.4. The van der Waals surface area contributed by atoms with Crippen LogP contribution in [0.5, 0.6) is 0 Å². The second-order valence-corrected chi connectivity index (χ2v) is 8.61. The van der Waals surface area contributed by atoms with Gasteiger partial charge in [-0.2, -0.15) is 0 Å². The molecule has 33 heavy (non-hydrogen) atoms. The molecule has 0 saturated carbocycles. The Morgan fingerprint density at radius 2 is 1.55 bits per heavy atom. The molecule has 9 nitrogen and oxygen atoms in total. The lowest BCUT2D eigenvalue weighted by atomic mass is 9.99. The number of carbonyl (C=O) groups is 3. The van der Waals surface area contributed by atoms with Gasteiger partial charge in [-0.15, -0.1) is 0 Å². The maximum Gasteiger partial charge on any atom is 0.340 e. The predicted octanol–water partition coefficient (Wildman–Crippen LogP) is 2.66. The van der Waals surface area contributed by atoms with Crippen molar-refractivity contribution in [3.63, 3.8) is 0 Å². The molecule has 1 aromatic carbocycles. The van der Waals surface area contributed by atoms with Crippen molar-refractivity contribution >= 4 is 39.7 Å². The van der Waals surface area contributed by atoms with Crippen LogP contribution in [0.4, 0.5) is 0 Å². The molecule has 0 aliphatic carbocycles. The summed E-state index contributed by atoms with van der Waals surface area (Å²) in [7, 11) is 0. The minimum absolute atomic E-state index is 0.197. The van der Waals surface area contributed by atoms with Crippen LogP contribution < -0.4 is 16.3 Å². The molecule has 2 heterocycles. The zero-order chi connectivity index (χ0) is 24.6. The molecule has 0 radical (unpaired) electrons. The van der Waals surface area contributed by atoms with Crippen molar-refractivity contribution in [3.05, 3.63) is 44.5 Å². The first-order chi connectivity index (χ1) is 15.4. The summed E-state index contributed by atoms with van der Waals surface area (Å²) in [5.74, 6) is -1.87. The van der Waals surface area contributed by atoms with Gasteiger partial charge in [0, 0.05) is 16.3 Å². The minimum Gasteiger partial charge on any atom is -0.480 e. The van der Waals surface area contributed by atoms with Crippen molar-refractivity contribution in [1.29, 1.82) is 0 Å². The Kier molecular flexibility index (Phi) is 6.62. The molecule has 3 N–H and O–H groups in total. The summed E-state index contributed by atoms with van der Waals surface area (Å²) in [5, 5.41) is 15.6. The zero-order valence-corrected chi connectivity index (χ0v) is 19.5. The number of carboxylic acid groups (broad SMARTS) is 1. The normalized spacial score (nSPS) is 12.3. The fourth-order valence-electron chi connectivity index (χ4n) is 3.84. The monoisotopic (exact) mass is 456 g/mol. The molecule has 0 aliphatic rings. The highest BCUT2D eigenvalue weighted by Gasteiger charge is 2.24. The summed E-state index contributed by atoms with van der Waals surface area (Å²) in [6.07, 6.45) is -0.273. The fraction of sp³-hybridized carbons (Fsp3) is 0.417. The summed E-state index contributed by atoms with van der Waals surface area (Å²) < 4.78 is 11.4. The first-order valence-corrected chi connectivity index (χ1v) is 10.7. The maximum atomic E-state index is 12.7. The highest BCUT2D eigenvalue weighted by Crippen LogP contribution is 2.34. The number of carboxylic acids is 1. The number of hydrogen-bond donors (Lipinski definition) is 3. The maximum absolute atomic E-state index is 12.7. The number of aryl methyl sites for hydroxylation is 4. The van der Waals surface area contributed by atoms with Crippen LogP contribution in [0.2, 0.25) is 0 Å². The molecule has 9 heteroatoms. The average Bonchev–Trinajstić information content (AvgIpc) is 3.02. The van der Waals surface area contributed by atoms with Gasteiger partial charge in [-0.1, -0.05) is 13.8 Å². The van der Waals surface area contributed by atoms with Crippen molar-refractivity contribution in [3.8, 4) is 0 Å². The first-order valence-electron chi connectivity index (χ1n) is 10.7. The van der Waals surface area contributed by atoms with Crippen LogP contribution >= 0.6 is 0 Å². The Labute approximate surface area is 190 Å². The van der Waals surface area contributed by atoms with Gasteiger partial charge in [0.1, 0.15) is 23.0 Å². The quantitative estimate of drug-likeness (QED) is 0.465. The Morgan fingerprint density at radius 3 is 2.15 bits per heavy atom. The lowest BCUT2D eigenvalue weighted by Gasteiger charge is -2.18. The highest BCUT2D eigenvalue weighted by atomic mass is 16.4. The molecule has 3 aromatic rings. The molecule has 1 atom stereocenters. The van der Waals surface area contributed by atoms with Gasteiger partial charge in [0.15, 0.2) is 0 Å². The van der Waals surface area contributed by atoms with Crippen LogP contribution in [0.15, 0.2) is 19.7 Å². The van der Waals surface area contributed by atoms with Crippen LogP contribution in [0, 0.1) is 33.6 Å². The molecule has 0 unspecified atom stereocenters. The third-order valence-corrected chi connectivity index (χ3v) is 5.98. The van der Waals surface area contributed by atoms with E-state index in [1.807, 2.05) is 26.8 Å². The largest absolute Gasteiger partial charge is 0.480 e. The number of amides is 2. The van der Waals surface area contributed by atoms with E-state index >= 15 is 0 Å². The van der Waals surface area contributed by atoms with Crippen LogP contribution in [-0.2, 0) is 20.8 Å². The number of rotatable bonds is 7. The van der Waals surface area contributed by atoms with Gasteiger partial charge in [0.05, 0.1) is 18.5 Å². The Balaban J connectivity index is 1.83. The molecule has 0 bridgehead atoms. The predicted molar refractivity (Wildman–Crippen MR) is 122 cm³/mol. The van der Waals surface area contributed by atoms with Gasteiger partial charge >= 0.3 is 11.6 Å². The van der Waals surface area contributed by atoms with Crippen molar-refractivity contribution in [2.24, 2.45) is 5.92 Å². The third-order valence-electron chi connectivity index (χ3n) is 5.98. The van der Waals surface area contributed by atoms with E-state index in [1.54, 1.807) is 20.8 Å². The summed E-state index contributed by atoms with van der Waals surface area (Å²) >= 11 is 0. The number of nitrogens with one attached hydrogen (secondary N) is 2. The summed E-state index contributed by atoms with van der Waals surface area (Å²) in [6, 6.07) is 0.841. The van der Waals surface area contributed by atoms with Crippen molar-refractivity contribution in [1.82, 2.24) is 10.6 Å². The standard InChI is InChI=1S/C24H28N2O7/c1-10(2)20(23(29)30)26-19(28)9-25-18(27)8-17-12(4)16-7-15-11(3)14(6)32-21(15)13(5)22(16)33-24(17)31/h7,10,20H,8-9H2,1-6H3,(H,25,27)(H,26,28)(H,29,30)/t20-/m0/s1. The SMILES string of the molecule is Cc1oc2c(C)c3oc(=O)c(CC(=O)NCC(=O)N[C@H](C(=O)O)C(C)C)c(C)c3cc2c1C. The van der Waals surface area contributed by atoms with Crippen LogP contribution in [0.25, 0.3) is 21.9 Å². The number of benzene rings is 1. The molecule has 3 rings (SSSR count). The molecule has 176 valence electrons. The van der Waals surface area contributed by atoms with Crippen molar-refractivity contribution < 1.29 is 28.3 Å². The lowest BCUT2D eigenvalue weighted by Crippen LogP contribution is -2.48. The van der Waals surface area contributed by atoms with E-state index in [2.05, 4.69) is 10.6 Å². The Hall–Kier alpha value is -3.62. The second-order valence-electron chi connectivity index (χ2n) is 8.61. The van der Waals surface area contributed by atoms with Crippen LogP contribution in [0.1, 0.15) is 41.9 Å². The van der Waals surface area contributed by atoms with Gasteiger partial charge in [0.2, 0.25) is 11.8 Å². The molecule has 2 amide bonds. The lowest BCUT2D eigenvalue weighted by molar-refractivity contribution is -0.143. The molecule has 0 fully saturated rings. The summed E-state index contributed by atoms with van der Waals surface area (Å²) in [5.41, 5.74) is 2.97. The highest BCUT2D eigenvalue weighted by molar-refractivity contribution is 6.00. The van der Waals surface area contributed by atoms with Crippen LogP contribution in [-0.4, -0.2) is 35.5 Å².